The Bertz CT molecular complexity index is 486. The van der Waals surface area contributed by atoms with Crippen molar-refractivity contribution in [3.63, 3.8) is 0 Å². The molecule has 16 heavy (non-hydrogen) atoms. The van der Waals surface area contributed by atoms with E-state index in [0.29, 0.717) is 5.65 Å². The van der Waals surface area contributed by atoms with Gasteiger partial charge in [0, 0.05) is 0 Å². The predicted molar refractivity (Wildman–Crippen MR) is 65.4 cm³/mol. The van der Waals surface area contributed by atoms with Gasteiger partial charge in [-0.1, -0.05) is 25.1 Å². The van der Waals surface area contributed by atoms with E-state index in [9.17, 15) is 0 Å². The lowest BCUT2D eigenvalue weighted by molar-refractivity contribution is 0.763. The summed E-state index contributed by atoms with van der Waals surface area (Å²) >= 11 is 7.30. The molecule has 86 valence electrons. The van der Waals surface area contributed by atoms with Crippen molar-refractivity contribution in [2.45, 2.75) is 30.2 Å². The van der Waals surface area contributed by atoms with Crippen LogP contribution in [0.4, 0.5) is 0 Å². The van der Waals surface area contributed by atoms with E-state index in [1.165, 1.54) is 11.8 Å². The zero-order valence-electron chi connectivity index (χ0n) is 8.77. The smallest absolute Gasteiger partial charge is 0.225 e. The molecule has 0 aliphatic carbocycles. The van der Waals surface area contributed by atoms with Crippen molar-refractivity contribution in [3.05, 3.63) is 11.6 Å². The third-order valence-electron chi connectivity index (χ3n) is 2.06. The lowest BCUT2D eigenvalue weighted by Gasteiger charge is -2.09. The highest BCUT2D eigenvalue weighted by Gasteiger charge is 2.12. The minimum absolute atomic E-state index is 0.0162. The third-order valence-corrected chi connectivity index (χ3v) is 3.29. The number of nitrogens with two attached hydrogens (primary N) is 1. The highest BCUT2D eigenvalue weighted by atomic mass is 35.5. The average Bonchev–Trinajstić information content (AvgIpc) is 2.65. The van der Waals surface area contributed by atoms with Gasteiger partial charge in [-0.3, -0.25) is 0 Å². The first kappa shape index (κ1) is 11.6. The molecule has 0 bridgehead atoms. The lowest BCUT2D eigenvalue weighted by atomic mass is 10.3. The van der Waals surface area contributed by atoms with Crippen molar-refractivity contribution < 1.29 is 0 Å². The number of halogens is 1. The first-order chi connectivity index (χ1) is 7.70. The number of aromatic nitrogens is 4. The summed E-state index contributed by atoms with van der Waals surface area (Å²) < 4.78 is 0. The second-order valence-electron chi connectivity index (χ2n) is 3.34. The van der Waals surface area contributed by atoms with Gasteiger partial charge in [-0.25, -0.2) is 9.97 Å². The van der Waals surface area contributed by atoms with E-state index in [1.54, 1.807) is 6.33 Å². The van der Waals surface area contributed by atoms with Gasteiger partial charge >= 0.3 is 0 Å². The molecule has 0 aromatic carbocycles. The fraction of sp³-hybridized carbons (Fsp3) is 0.444. The maximum atomic E-state index is 5.95. The summed E-state index contributed by atoms with van der Waals surface area (Å²) in [6.07, 6.45) is 3.55. The predicted octanol–water partition coefficient (Wildman–Crippen LogP) is 2.18. The monoisotopic (exact) mass is 257 g/mol. The molecule has 2 aromatic heterocycles. The number of nitrogens with one attached hydrogen (secondary N) is 1. The molecular weight excluding hydrogens is 246 g/mol. The summed E-state index contributed by atoms with van der Waals surface area (Å²) in [5.41, 5.74) is 7.32. The molecule has 7 heteroatoms. The van der Waals surface area contributed by atoms with E-state index in [1.807, 2.05) is 0 Å². The number of fused-ring (bicyclic) bond motifs is 1. The van der Waals surface area contributed by atoms with Crippen LogP contribution in [0.3, 0.4) is 0 Å². The Hall–Kier alpha value is -0.850. The molecule has 0 aliphatic heterocycles. The Morgan fingerprint density at radius 3 is 3.12 bits per heavy atom. The van der Waals surface area contributed by atoms with Crippen molar-refractivity contribution >= 4 is 34.5 Å². The summed E-state index contributed by atoms with van der Waals surface area (Å²) in [6, 6.07) is 0. The van der Waals surface area contributed by atoms with Crippen LogP contribution in [0.25, 0.3) is 11.2 Å². The second-order valence-corrected chi connectivity index (χ2v) is 4.91. The normalized spacial score (nSPS) is 13.2. The molecule has 0 saturated carbocycles. The zero-order valence-corrected chi connectivity index (χ0v) is 10.3. The number of thioether (sulfide) groups is 1. The molecule has 0 fully saturated rings. The molecule has 0 aliphatic rings. The van der Waals surface area contributed by atoms with Crippen LogP contribution in [-0.2, 0) is 0 Å². The second kappa shape index (κ2) is 4.99. The van der Waals surface area contributed by atoms with Crippen LogP contribution in [-0.4, -0.2) is 25.3 Å². The number of rotatable bonds is 4. The molecule has 1 atom stereocenters. The molecule has 1 unspecified atom stereocenters. The number of nitrogens with zero attached hydrogens (tertiary/aromatic N) is 3. The first-order valence-corrected chi connectivity index (χ1v) is 6.25. The van der Waals surface area contributed by atoms with Gasteiger partial charge in [0.1, 0.15) is 10.5 Å². The van der Waals surface area contributed by atoms with Crippen LogP contribution in [0.5, 0.6) is 0 Å². The molecule has 0 saturated heterocycles. The minimum atomic E-state index is 0.0162. The Kier molecular flexibility index (Phi) is 3.63. The van der Waals surface area contributed by atoms with Gasteiger partial charge in [0.2, 0.25) is 5.28 Å². The summed E-state index contributed by atoms with van der Waals surface area (Å²) in [5, 5.41) is 0.974. The Morgan fingerprint density at radius 2 is 2.38 bits per heavy atom. The van der Waals surface area contributed by atoms with Gasteiger partial charge in [-0.15, -0.1) is 0 Å². The summed E-state index contributed by atoms with van der Waals surface area (Å²) in [7, 11) is 0. The molecular formula is C9H12ClN5S. The maximum Gasteiger partial charge on any atom is 0.225 e. The molecule has 3 N–H and O–H groups in total. The van der Waals surface area contributed by atoms with Crippen LogP contribution < -0.4 is 5.73 Å². The number of hydrogen-bond acceptors (Lipinski definition) is 5. The van der Waals surface area contributed by atoms with E-state index in [-0.39, 0.29) is 10.7 Å². The van der Waals surface area contributed by atoms with Crippen molar-refractivity contribution in [1.29, 1.82) is 0 Å². The van der Waals surface area contributed by atoms with E-state index in [4.69, 9.17) is 17.3 Å². The van der Waals surface area contributed by atoms with E-state index < -0.39 is 0 Å². The summed E-state index contributed by atoms with van der Waals surface area (Å²) in [4.78, 5) is 15.2. The number of aromatic amines is 1. The van der Waals surface area contributed by atoms with Gasteiger partial charge in [-0.2, -0.15) is 4.98 Å². The van der Waals surface area contributed by atoms with Crippen molar-refractivity contribution in [2.24, 2.45) is 5.73 Å². The van der Waals surface area contributed by atoms with Crippen LogP contribution >= 0.6 is 23.4 Å². The summed E-state index contributed by atoms with van der Waals surface area (Å²) in [5.74, 6) is 0. The first-order valence-electron chi connectivity index (χ1n) is 4.99. The summed E-state index contributed by atoms with van der Waals surface area (Å²) in [6.45, 7) is 2.10. The Labute approximate surface area is 102 Å². The largest absolute Gasteiger partial charge is 0.341 e. The van der Waals surface area contributed by atoms with Gasteiger partial charge in [0.15, 0.2) is 5.65 Å². The fourth-order valence-electron chi connectivity index (χ4n) is 1.35. The number of imidazole rings is 1. The molecule has 0 spiro atoms. The highest BCUT2D eigenvalue weighted by molar-refractivity contribution is 8.00. The van der Waals surface area contributed by atoms with Crippen LogP contribution in [0.15, 0.2) is 11.4 Å². The van der Waals surface area contributed by atoms with E-state index in [0.717, 1.165) is 23.4 Å². The topological polar surface area (TPSA) is 80.5 Å². The Balaban J connectivity index is 2.31. The standard InChI is InChI=1S/C9H12ClN5S/c1-2-3-5(11)16-8-6-7(13-4-12-6)14-9(10)15-8/h4-5H,2-3,11H2,1H3,(H,12,13,14,15). The van der Waals surface area contributed by atoms with Crippen LogP contribution in [0.1, 0.15) is 19.8 Å². The van der Waals surface area contributed by atoms with Gasteiger partial charge in [0.25, 0.3) is 0 Å². The minimum Gasteiger partial charge on any atom is -0.341 e. The quantitative estimate of drug-likeness (QED) is 0.380. The zero-order chi connectivity index (χ0) is 11.5. The molecule has 2 heterocycles. The van der Waals surface area contributed by atoms with Crippen LogP contribution in [0, 0.1) is 0 Å². The SMILES string of the molecule is CCCC(N)Sc1nc(Cl)nc2nc[nH]c12. The molecule has 2 aromatic rings. The van der Waals surface area contributed by atoms with Gasteiger partial charge in [-0.05, 0) is 18.0 Å². The highest BCUT2D eigenvalue weighted by Crippen LogP contribution is 2.27. The third kappa shape index (κ3) is 2.45. The average molecular weight is 258 g/mol. The Morgan fingerprint density at radius 1 is 1.56 bits per heavy atom. The molecule has 2 rings (SSSR count). The van der Waals surface area contributed by atoms with Gasteiger partial charge < -0.3 is 10.7 Å². The van der Waals surface area contributed by atoms with Gasteiger partial charge in [0.05, 0.1) is 11.7 Å². The molecule has 0 radical (unpaired) electrons. The fourth-order valence-corrected chi connectivity index (χ4v) is 2.62. The number of H-pyrrole nitrogens is 1. The van der Waals surface area contributed by atoms with E-state index in [2.05, 4.69) is 26.9 Å². The maximum absolute atomic E-state index is 5.95. The molecule has 0 amide bonds. The van der Waals surface area contributed by atoms with Crippen molar-refractivity contribution in [1.82, 2.24) is 19.9 Å². The van der Waals surface area contributed by atoms with Crippen molar-refractivity contribution in [3.8, 4) is 0 Å². The number of hydrogen-bond donors (Lipinski definition) is 2. The van der Waals surface area contributed by atoms with Crippen LogP contribution in [0.2, 0.25) is 5.28 Å². The molecule has 5 nitrogen and oxygen atoms in total. The lowest BCUT2D eigenvalue weighted by Crippen LogP contribution is -2.14. The van der Waals surface area contributed by atoms with Crippen molar-refractivity contribution in [2.75, 3.05) is 0 Å². The van der Waals surface area contributed by atoms with E-state index >= 15 is 0 Å².